The molecule has 126 valence electrons. The summed E-state index contributed by atoms with van der Waals surface area (Å²) in [5.41, 5.74) is 0.532. The van der Waals surface area contributed by atoms with Crippen LogP contribution in [0.5, 0.6) is 0 Å². The second-order valence-electron chi connectivity index (χ2n) is 4.21. The zero-order valence-electron chi connectivity index (χ0n) is 11.8. The van der Waals surface area contributed by atoms with Crippen molar-refractivity contribution < 1.29 is 13.9 Å². The number of hydrogen-bond donors (Lipinski definition) is 3. The van der Waals surface area contributed by atoms with E-state index in [0.717, 1.165) is 0 Å². The summed E-state index contributed by atoms with van der Waals surface area (Å²) < 4.78 is 24.3. The molecule has 0 fully saturated rings. The Bertz CT molecular complexity index is 472. The van der Waals surface area contributed by atoms with Gasteiger partial charge >= 0.3 is 0 Å². The molecule has 0 saturated carbocycles. The molecule has 4 nitrogen and oxygen atoms in total. The van der Waals surface area contributed by atoms with Crippen LogP contribution in [0.2, 0.25) is 10.0 Å². The van der Waals surface area contributed by atoms with Crippen molar-refractivity contribution >= 4 is 53.1 Å². The molecule has 0 heterocycles. The smallest absolute Gasteiger partial charge is 0.257 e. The second-order valence-corrected chi connectivity index (χ2v) is 5.08. The van der Waals surface area contributed by atoms with Gasteiger partial charge in [0, 0.05) is 23.1 Å². The van der Waals surface area contributed by atoms with E-state index >= 15 is 0 Å². The normalized spacial score (nSPS) is 12.8. The minimum Gasteiger partial charge on any atom is -0.387 e. The Labute approximate surface area is 155 Å². The lowest BCUT2D eigenvalue weighted by Gasteiger charge is -2.16. The van der Waals surface area contributed by atoms with E-state index < -0.39 is 19.1 Å². The van der Waals surface area contributed by atoms with Gasteiger partial charge in [0.05, 0.1) is 6.10 Å². The number of aliphatic imine (C=N–C) groups is 1. The Morgan fingerprint density at radius 1 is 1.23 bits per heavy atom. The molecule has 0 radical (unpaired) electrons. The van der Waals surface area contributed by atoms with E-state index in [1.54, 1.807) is 18.2 Å². The van der Waals surface area contributed by atoms with Crippen LogP contribution >= 0.6 is 47.2 Å². The highest BCUT2D eigenvalue weighted by atomic mass is 127. The molecule has 22 heavy (non-hydrogen) atoms. The fraction of sp³-hybridized carbons (Fsp3) is 0.462. The van der Waals surface area contributed by atoms with Crippen LogP contribution < -0.4 is 10.6 Å². The number of nitrogens with zero attached hydrogens (tertiary/aromatic N) is 1. The van der Waals surface area contributed by atoms with Crippen molar-refractivity contribution in [2.24, 2.45) is 4.99 Å². The predicted octanol–water partition coefficient (Wildman–Crippen LogP) is 3.47. The topological polar surface area (TPSA) is 56.7 Å². The average molecular weight is 468 g/mol. The molecular weight excluding hydrogens is 450 g/mol. The number of nitrogens with one attached hydrogen (secondary N) is 2. The van der Waals surface area contributed by atoms with Gasteiger partial charge in [0.15, 0.2) is 5.96 Å². The fourth-order valence-corrected chi connectivity index (χ4v) is 2.12. The third kappa shape index (κ3) is 8.30. The summed E-state index contributed by atoms with van der Waals surface area (Å²) in [6.45, 7) is 1.82. The molecule has 3 N–H and O–H groups in total. The van der Waals surface area contributed by atoms with Gasteiger partial charge in [0.2, 0.25) is 0 Å². The highest BCUT2D eigenvalue weighted by molar-refractivity contribution is 14.0. The first kappa shape index (κ1) is 21.6. The molecule has 1 atom stereocenters. The lowest BCUT2D eigenvalue weighted by atomic mass is 10.1. The minimum atomic E-state index is -2.52. The Morgan fingerprint density at radius 2 is 1.82 bits per heavy atom. The van der Waals surface area contributed by atoms with E-state index in [4.69, 9.17) is 23.2 Å². The molecule has 0 saturated heterocycles. The van der Waals surface area contributed by atoms with Crippen LogP contribution in [0.1, 0.15) is 18.6 Å². The standard InChI is InChI=1S/C13H17Cl2F2N3O.HI/c1-2-18-13(20-7-12(16)17)19-6-11(21)8-3-9(14)5-10(15)4-8;/h3-5,11-12,21H,2,6-7H2,1H3,(H2,18,19,20);1H. The molecule has 0 amide bonds. The molecule has 0 aromatic heterocycles. The Morgan fingerprint density at radius 3 is 2.32 bits per heavy atom. The number of aliphatic hydroxyl groups excluding tert-OH is 1. The summed E-state index contributed by atoms with van der Waals surface area (Å²) in [6, 6.07) is 4.73. The summed E-state index contributed by atoms with van der Waals surface area (Å²) >= 11 is 11.7. The van der Waals surface area contributed by atoms with Gasteiger partial charge in [-0.15, -0.1) is 24.0 Å². The molecule has 1 rings (SSSR count). The molecule has 0 bridgehead atoms. The van der Waals surface area contributed by atoms with Crippen molar-refractivity contribution in [3.05, 3.63) is 33.8 Å². The molecule has 9 heteroatoms. The van der Waals surface area contributed by atoms with Gasteiger partial charge in [-0.3, -0.25) is 0 Å². The van der Waals surface area contributed by atoms with Gasteiger partial charge < -0.3 is 15.7 Å². The molecule has 1 unspecified atom stereocenters. The summed E-state index contributed by atoms with van der Waals surface area (Å²) in [5.74, 6) is 0.213. The molecule has 0 aliphatic carbocycles. The minimum absolute atomic E-state index is 0. The molecule has 0 aliphatic heterocycles. The van der Waals surface area contributed by atoms with Gasteiger partial charge in [0.1, 0.15) is 6.54 Å². The fourth-order valence-electron chi connectivity index (χ4n) is 1.58. The maximum absolute atomic E-state index is 12.1. The first-order valence-corrected chi connectivity index (χ1v) is 7.12. The largest absolute Gasteiger partial charge is 0.387 e. The number of halogens is 5. The van der Waals surface area contributed by atoms with Gasteiger partial charge in [-0.25, -0.2) is 13.8 Å². The number of guanidine groups is 1. The number of benzene rings is 1. The Balaban J connectivity index is 0.00000441. The van der Waals surface area contributed by atoms with E-state index in [-0.39, 0.29) is 36.5 Å². The van der Waals surface area contributed by atoms with Gasteiger partial charge in [0.25, 0.3) is 6.43 Å². The number of rotatable bonds is 6. The lowest BCUT2D eigenvalue weighted by molar-refractivity contribution is 0.158. The summed E-state index contributed by atoms with van der Waals surface area (Å²) in [5, 5.41) is 16.5. The van der Waals surface area contributed by atoms with Crippen LogP contribution in [-0.4, -0.2) is 37.1 Å². The van der Waals surface area contributed by atoms with E-state index in [1.165, 1.54) is 0 Å². The van der Waals surface area contributed by atoms with E-state index in [1.807, 2.05) is 6.92 Å². The van der Waals surface area contributed by atoms with Crippen LogP contribution in [0.15, 0.2) is 23.2 Å². The lowest BCUT2D eigenvalue weighted by Crippen LogP contribution is -2.39. The van der Waals surface area contributed by atoms with Crippen LogP contribution in [0.3, 0.4) is 0 Å². The van der Waals surface area contributed by atoms with E-state index in [2.05, 4.69) is 15.6 Å². The number of hydrogen-bond acceptors (Lipinski definition) is 2. The predicted molar refractivity (Wildman–Crippen MR) is 96.8 cm³/mol. The van der Waals surface area contributed by atoms with E-state index in [0.29, 0.717) is 22.2 Å². The molecule has 0 aliphatic rings. The first-order chi connectivity index (χ1) is 9.92. The summed E-state index contributed by atoms with van der Waals surface area (Å²) in [7, 11) is 0. The second kappa shape index (κ2) is 11.2. The highest BCUT2D eigenvalue weighted by Crippen LogP contribution is 2.23. The SMILES string of the molecule is CCNC(=NCC(F)F)NCC(O)c1cc(Cl)cc(Cl)c1.I. The van der Waals surface area contributed by atoms with Crippen LogP contribution in [0.4, 0.5) is 8.78 Å². The third-order valence-electron chi connectivity index (χ3n) is 2.46. The van der Waals surface area contributed by atoms with Crippen molar-refractivity contribution in [2.45, 2.75) is 19.5 Å². The Kier molecular flexibility index (Phi) is 11.0. The van der Waals surface area contributed by atoms with Crippen LogP contribution in [-0.2, 0) is 0 Å². The van der Waals surface area contributed by atoms with Gasteiger partial charge in [-0.05, 0) is 30.7 Å². The maximum Gasteiger partial charge on any atom is 0.257 e. The summed E-state index contributed by atoms with van der Waals surface area (Å²) in [6.07, 6.45) is -3.41. The Hall–Kier alpha value is -0.380. The quantitative estimate of drug-likeness (QED) is 0.341. The highest BCUT2D eigenvalue weighted by Gasteiger charge is 2.11. The van der Waals surface area contributed by atoms with Gasteiger partial charge in [-0.2, -0.15) is 0 Å². The van der Waals surface area contributed by atoms with Crippen molar-refractivity contribution in [1.29, 1.82) is 0 Å². The van der Waals surface area contributed by atoms with Gasteiger partial charge in [-0.1, -0.05) is 23.2 Å². The van der Waals surface area contributed by atoms with Crippen molar-refractivity contribution in [3.63, 3.8) is 0 Å². The number of aliphatic hydroxyl groups is 1. The maximum atomic E-state index is 12.1. The van der Waals surface area contributed by atoms with Crippen LogP contribution in [0, 0.1) is 0 Å². The third-order valence-corrected chi connectivity index (χ3v) is 2.90. The molecule has 1 aromatic carbocycles. The molecular formula is C13H18Cl2F2IN3O. The van der Waals surface area contributed by atoms with E-state index in [9.17, 15) is 13.9 Å². The first-order valence-electron chi connectivity index (χ1n) is 6.36. The van der Waals surface area contributed by atoms with Crippen molar-refractivity contribution in [1.82, 2.24) is 10.6 Å². The zero-order valence-corrected chi connectivity index (χ0v) is 15.7. The monoisotopic (exact) mass is 467 g/mol. The number of alkyl halides is 2. The molecule has 0 spiro atoms. The van der Waals surface area contributed by atoms with Crippen molar-refractivity contribution in [3.8, 4) is 0 Å². The summed E-state index contributed by atoms with van der Waals surface area (Å²) in [4.78, 5) is 3.69. The van der Waals surface area contributed by atoms with Crippen molar-refractivity contribution in [2.75, 3.05) is 19.6 Å². The zero-order chi connectivity index (χ0) is 15.8. The average Bonchev–Trinajstić information content (AvgIpc) is 2.40. The molecule has 1 aromatic rings. The van der Waals surface area contributed by atoms with Crippen LogP contribution in [0.25, 0.3) is 0 Å².